The molecule has 0 unspecified atom stereocenters. The molecule has 3 rings (SSSR count). The molecule has 1 N–H and O–H groups in total. The van der Waals surface area contributed by atoms with Crippen LogP contribution >= 0.6 is 15.9 Å². The molecule has 0 atom stereocenters. The highest BCUT2D eigenvalue weighted by atomic mass is 79.9. The Morgan fingerprint density at radius 1 is 1.09 bits per heavy atom. The molecule has 0 fully saturated rings. The number of ether oxygens (including phenoxy) is 1. The maximum Gasteiger partial charge on any atom is 0.264 e. The van der Waals surface area contributed by atoms with Crippen LogP contribution in [0.25, 0.3) is 0 Å². The lowest BCUT2D eigenvalue weighted by Crippen LogP contribution is -2.38. The topological polar surface area (TPSA) is 75.7 Å². The van der Waals surface area contributed by atoms with Crippen LogP contribution in [0.3, 0.4) is 0 Å². The number of carbonyl (C=O) groups is 1. The van der Waals surface area contributed by atoms with Gasteiger partial charge in [0.1, 0.15) is 18.9 Å². The van der Waals surface area contributed by atoms with Gasteiger partial charge in [0.25, 0.3) is 10.0 Å². The van der Waals surface area contributed by atoms with E-state index in [4.69, 9.17) is 4.74 Å². The van der Waals surface area contributed by atoms with Crippen LogP contribution in [-0.4, -0.2) is 27.5 Å². The van der Waals surface area contributed by atoms with Crippen molar-refractivity contribution in [3.8, 4) is 5.75 Å². The molecule has 6 nitrogen and oxygen atoms in total. The monoisotopic (exact) mass is 514 g/mol. The van der Waals surface area contributed by atoms with Gasteiger partial charge in [-0.1, -0.05) is 52.3 Å². The van der Waals surface area contributed by atoms with Crippen molar-refractivity contribution in [3.05, 3.63) is 95.5 Å². The number of nitrogens with one attached hydrogen (secondary N) is 1. The van der Waals surface area contributed by atoms with Crippen molar-refractivity contribution in [2.75, 3.05) is 22.8 Å². The largest absolute Gasteiger partial charge is 0.490 e. The first-order chi connectivity index (χ1) is 15.3. The van der Waals surface area contributed by atoms with Gasteiger partial charge in [0, 0.05) is 10.2 Å². The van der Waals surface area contributed by atoms with Crippen LogP contribution in [-0.2, 0) is 14.8 Å². The van der Waals surface area contributed by atoms with E-state index in [0.717, 1.165) is 9.87 Å². The van der Waals surface area contributed by atoms with Crippen molar-refractivity contribution in [1.29, 1.82) is 0 Å². The molecule has 0 heterocycles. The van der Waals surface area contributed by atoms with Gasteiger partial charge >= 0.3 is 0 Å². The van der Waals surface area contributed by atoms with E-state index in [-0.39, 0.29) is 11.4 Å². The third kappa shape index (κ3) is 5.99. The molecule has 0 aliphatic heterocycles. The van der Waals surface area contributed by atoms with E-state index in [1.165, 1.54) is 12.1 Å². The second kappa shape index (κ2) is 10.5. The average Bonchev–Trinajstić information content (AvgIpc) is 2.77. The summed E-state index contributed by atoms with van der Waals surface area (Å²) in [7, 11) is -3.97. The van der Waals surface area contributed by atoms with E-state index in [1.54, 1.807) is 66.7 Å². The van der Waals surface area contributed by atoms with Gasteiger partial charge in [-0.15, -0.1) is 0 Å². The number of anilines is 2. The first kappa shape index (κ1) is 23.6. The molecule has 0 aliphatic rings. The number of nitrogens with zero attached hydrogens (tertiary/aromatic N) is 1. The van der Waals surface area contributed by atoms with E-state index < -0.39 is 15.9 Å². The summed E-state index contributed by atoms with van der Waals surface area (Å²) in [5, 5.41) is 2.74. The van der Waals surface area contributed by atoms with Crippen LogP contribution in [0.15, 0.2) is 94.8 Å². The Kier molecular flexibility index (Phi) is 7.71. The molecular weight excluding hydrogens is 492 g/mol. The maximum absolute atomic E-state index is 13.4. The first-order valence-corrected chi connectivity index (χ1v) is 12.0. The lowest BCUT2D eigenvalue weighted by molar-refractivity contribution is -0.114. The van der Waals surface area contributed by atoms with Crippen molar-refractivity contribution in [1.82, 2.24) is 0 Å². The summed E-state index contributed by atoms with van der Waals surface area (Å²) in [6, 6.07) is 20.1. The van der Waals surface area contributed by atoms with Gasteiger partial charge < -0.3 is 10.1 Å². The predicted molar refractivity (Wildman–Crippen MR) is 131 cm³/mol. The number of rotatable bonds is 9. The summed E-state index contributed by atoms with van der Waals surface area (Å²) in [6.07, 6.45) is 1.64. The quantitative estimate of drug-likeness (QED) is 0.400. The van der Waals surface area contributed by atoms with Crippen LogP contribution in [0, 0.1) is 6.92 Å². The third-order valence-corrected chi connectivity index (χ3v) is 6.78. The minimum atomic E-state index is -3.97. The highest BCUT2D eigenvalue weighted by Gasteiger charge is 2.27. The number of sulfonamides is 1. The molecular formula is C24H23BrN2O4S. The minimum absolute atomic E-state index is 0.111. The molecule has 0 spiro atoms. The van der Waals surface area contributed by atoms with Crippen LogP contribution in [0.2, 0.25) is 0 Å². The van der Waals surface area contributed by atoms with Crippen molar-refractivity contribution < 1.29 is 17.9 Å². The summed E-state index contributed by atoms with van der Waals surface area (Å²) in [5.41, 5.74) is 1.85. The molecule has 0 bridgehead atoms. The van der Waals surface area contributed by atoms with Crippen molar-refractivity contribution in [2.45, 2.75) is 11.8 Å². The van der Waals surface area contributed by atoms with E-state index in [0.29, 0.717) is 28.2 Å². The molecule has 0 aliphatic carbocycles. The van der Waals surface area contributed by atoms with E-state index in [2.05, 4.69) is 27.8 Å². The lowest BCUT2D eigenvalue weighted by atomic mass is 10.2. The van der Waals surface area contributed by atoms with Gasteiger partial charge in [0.05, 0.1) is 10.6 Å². The zero-order valence-corrected chi connectivity index (χ0v) is 19.9. The van der Waals surface area contributed by atoms with Gasteiger partial charge in [-0.25, -0.2) is 8.42 Å². The maximum atomic E-state index is 13.4. The molecule has 0 saturated heterocycles. The minimum Gasteiger partial charge on any atom is -0.490 e. The van der Waals surface area contributed by atoms with Crippen molar-refractivity contribution in [3.63, 3.8) is 0 Å². The highest BCUT2D eigenvalue weighted by molar-refractivity contribution is 9.10. The Labute approximate surface area is 196 Å². The van der Waals surface area contributed by atoms with E-state index in [1.807, 2.05) is 6.92 Å². The second-order valence-electron chi connectivity index (χ2n) is 6.98. The Bertz CT molecular complexity index is 1190. The number of amides is 1. The first-order valence-electron chi connectivity index (χ1n) is 9.78. The van der Waals surface area contributed by atoms with Crippen LogP contribution < -0.4 is 14.4 Å². The molecule has 0 saturated carbocycles. The number of benzene rings is 3. The Morgan fingerprint density at radius 3 is 2.41 bits per heavy atom. The van der Waals surface area contributed by atoms with Crippen molar-refractivity contribution in [2.24, 2.45) is 0 Å². The summed E-state index contributed by atoms with van der Waals surface area (Å²) in [5.74, 6) is 0.168. The van der Waals surface area contributed by atoms with E-state index in [9.17, 15) is 13.2 Å². The van der Waals surface area contributed by atoms with Crippen LogP contribution in [0.1, 0.15) is 5.56 Å². The zero-order chi connectivity index (χ0) is 23.1. The highest BCUT2D eigenvalue weighted by Crippen LogP contribution is 2.27. The third-order valence-electron chi connectivity index (χ3n) is 4.50. The van der Waals surface area contributed by atoms with Gasteiger partial charge in [-0.05, 0) is 61.5 Å². The van der Waals surface area contributed by atoms with Crippen LogP contribution in [0.4, 0.5) is 11.4 Å². The summed E-state index contributed by atoms with van der Waals surface area (Å²) >= 11 is 3.37. The average molecular weight is 515 g/mol. The van der Waals surface area contributed by atoms with Gasteiger partial charge in [-0.3, -0.25) is 9.10 Å². The van der Waals surface area contributed by atoms with Gasteiger partial charge in [0.2, 0.25) is 5.91 Å². The molecule has 166 valence electrons. The van der Waals surface area contributed by atoms with Crippen molar-refractivity contribution >= 4 is 43.2 Å². The van der Waals surface area contributed by atoms with Crippen LogP contribution in [0.5, 0.6) is 5.75 Å². The fourth-order valence-electron chi connectivity index (χ4n) is 2.90. The molecule has 1 amide bonds. The smallest absolute Gasteiger partial charge is 0.264 e. The fraction of sp³-hybridized carbons (Fsp3) is 0.125. The fourth-order valence-corrected chi connectivity index (χ4v) is 4.70. The normalized spacial score (nSPS) is 10.9. The molecule has 3 aromatic carbocycles. The number of hydrogen-bond donors (Lipinski definition) is 1. The van der Waals surface area contributed by atoms with E-state index >= 15 is 0 Å². The van der Waals surface area contributed by atoms with Gasteiger partial charge in [0.15, 0.2) is 0 Å². The molecule has 0 aromatic heterocycles. The SMILES string of the molecule is C=CCOc1ccc(NC(=O)CN(c2cccc(Br)c2)S(=O)(=O)c2ccc(C)cc2)cc1. The lowest BCUT2D eigenvalue weighted by Gasteiger charge is -2.24. The summed E-state index contributed by atoms with van der Waals surface area (Å²) in [4.78, 5) is 12.9. The number of carbonyl (C=O) groups excluding carboxylic acids is 1. The number of halogens is 1. The zero-order valence-electron chi connectivity index (χ0n) is 17.5. The Hall–Kier alpha value is -3.10. The standard InChI is InChI=1S/C24H23BrN2O4S/c1-3-15-31-22-11-9-20(10-12-22)26-24(28)17-27(21-6-4-5-19(25)16-21)32(29,30)23-13-7-18(2)8-14-23/h3-14,16H,1,15,17H2,2H3,(H,26,28). The van der Waals surface area contributed by atoms with Gasteiger partial charge in [-0.2, -0.15) is 0 Å². The molecule has 0 radical (unpaired) electrons. The Balaban J connectivity index is 1.85. The second-order valence-corrected chi connectivity index (χ2v) is 9.75. The molecule has 32 heavy (non-hydrogen) atoms. The summed E-state index contributed by atoms with van der Waals surface area (Å²) in [6.45, 7) is 5.47. The molecule has 3 aromatic rings. The Morgan fingerprint density at radius 2 is 1.78 bits per heavy atom. The molecule has 8 heteroatoms. The predicted octanol–water partition coefficient (Wildman–Crippen LogP) is 5.16. The number of hydrogen-bond acceptors (Lipinski definition) is 4. The number of aryl methyl sites for hydroxylation is 1. The summed E-state index contributed by atoms with van der Waals surface area (Å²) < 4.78 is 34.0.